The Balaban J connectivity index is 2.10. The van der Waals surface area contributed by atoms with Crippen molar-refractivity contribution >= 4 is 28.1 Å². The average Bonchev–Trinajstić information content (AvgIpc) is 2.44. The molecule has 0 atom stereocenters. The lowest BCUT2D eigenvalue weighted by atomic mass is 10.1. The number of para-hydroxylation sites is 1. The summed E-state index contributed by atoms with van der Waals surface area (Å²) in [4.78, 5) is 11.9. The van der Waals surface area contributed by atoms with Gasteiger partial charge in [-0.3, -0.25) is 4.79 Å². The molecular formula is C15H13BrN2O2. The average molecular weight is 333 g/mol. The molecule has 0 saturated carbocycles. The van der Waals surface area contributed by atoms with E-state index in [1.54, 1.807) is 25.1 Å². The van der Waals surface area contributed by atoms with Crippen molar-refractivity contribution in [3.8, 4) is 5.75 Å². The van der Waals surface area contributed by atoms with Gasteiger partial charge >= 0.3 is 0 Å². The lowest BCUT2D eigenvalue weighted by molar-refractivity contribution is 0.0952. The molecule has 0 unspecified atom stereocenters. The summed E-state index contributed by atoms with van der Waals surface area (Å²) in [5.74, 6) is -0.476. The van der Waals surface area contributed by atoms with Gasteiger partial charge in [0.1, 0.15) is 5.75 Å². The number of halogens is 1. The molecule has 2 aromatic carbocycles. The van der Waals surface area contributed by atoms with Gasteiger partial charge in [-0.05, 0) is 24.6 Å². The number of carbonyl (C=O) groups is 1. The predicted octanol–water partition coefficient (Wildman–Crippen LogP) is 3.23. The lowest BCUT2D eigenvalue weighted by Gasteiger charge is -2.05. The molecule has 0 aromatic heterocycles. The minimum Gasteiger partial charge on any atom is -0.507 e. The molecule has 0 fully saturated rings. The van der Waals surface area contributed by atoms with E-state index in [4.69, 9.17) is 0 Å². The molecule has 2 N–H and O–H groups in total. The van der Waals surface area contributed by atoms with E-state index >= 15 is 0 Å². The number of aromatic hydroxyl groups is 1. The number of nitrogens with one attached hydrogen (secondary N) is 1. The van der Waals surface area contributed by atoms with Crippen LogP contribution in [0.5, 0.6) is 5.75 Å². The minimum atomic E-state index is -0.450. The van der Waals surface area contributed by atoms with Gasteiger partial charge in [0.25, 0.3) is 5.91 Å². The SMILES string of the molecule is Cc1cccc(C(=O)NN=Cc2ccccc2Br)c1O. The summed E-state index contributed by atoms with van der Waals surface area (Å²) in [7, 11) is 0. The molecule has 0 bridgehead atoms. The molecule has 2 aromatic rings. The summed E-state index contributed by atoms with van der Waals surface area (Å²) >= 11 is 3.39. The van der Waals surface area contributed by atoms with Gasteiger partial charge in [-0.2, -0.15) is 5.10 Å². The maximum atomic E-state index is 11.9. The van der Waals surface area contributed by atoms with Gasteiger partial charge in [-0.15, -0.1) is 0 Å². The van der Waals surface area contributed by atoms with Gasteiger partial charge in [-0.1, -0.05) is 46.3 Å². The van der Waals surface area contributed by atoms with Crippen molar-refractivity contribution in [2.75, 3.05) is 0 Å². The molecule has 0 heterocycles. The largest absolute Gasteiger partial charge is 0.507 e. The lowest BCUT2D eigenvalue weighted by Crippen LogP contribution is -2.17. The van der Waals surface area contributed by atoms with Gasteiger partial charge in [0.2, 0.25) is 0 Å². The Labute approximate surface area is 125 Å². The second-order valence-electron chi connectivity index (χ2n) is 4.19. The first-order chi connectivity index (χ1) is 9.59. The number of nitrogens with zero attached hydrogens (tertiary/aromatic N) is 1. The van der Waals surface area contributed by atoms with Crippen LogP contribution in [0, 0.1) is 6.92 Å². The third-order valence-corrected chi connectivity index (χ3v) is 3.48. The zero-order valence-corrected chi connectivity index (χ0v) is 12.4. The molecule has 0 aliphatic rings. The van der Waals surface area contributed by atoms with E-state index in [0.717, 1.165) is 10.0 Å². The van der Waals surface area contributed by atoms with Gasteiger partial charge in [0, 0.05) is 10.0 Å². The third kappa shape index (κ3) is 3.24. The van der Waals surface area contributed by atoms with Crippen molar-refractivity contribution in [3.05, 3.63) is 63.6 Å². The first kappa shape index (κ1) is 14.3. The maximum absolute atomic E-state index is 11.9. The Kier molecular flexibility index (Phi) is 4.53. The first-order valence-electron chi connectivity index (χ1n) is 5.96. The number of phenols is 1. The van der Waals surface area contributed by atoms with Crippen LogP contribution in [0.3, 0.4) is 0 Å². The van der Waals surface area contributed by atoms with Crippen molar-refractivity contribution in [2.24, 2.45) is 5.10 Å². The quantitative estimate of drug-likeness (QED) is 0.669. The van der Waals surface area contributed by atoms with Crippen LogP contribution in [-0.4, -0.2) is 17.2 Å². The Morgan fingerprint density at radius 2 is 2.00 bits per heavy atom. The topological polar surface area (TPSA) is 61.7 Å². The van der Waals surface area contributed by atoms with Crippen molar-refractivity contribution in [2.45, 2.75) is 6.92 Å². The number of hydrogen-bond acceptors (Lipinski definition) is 3. The summed E-state index contributed by atoms with van der Waals surface area (Å²) in [5.41, 5.74) is 4.09. The second kappa shape index (κ2) is 6.34. The van der Waals surface area contributed by atoms with E-state index in [1.165, 1.54) is 6.21 Å². The highest BCUT2D eigenvalue weighted by molar-refractivity contribution is 9.10. The van der Waals surface area contributed by atoms with Crippen molar-refractivity contribution in [3.63, 3.8) is 0 Å². The molecule has 0 aliphatic carbocycles. The molecule has 0 aliphatic heterocycles. The number of rotatable bonds is 3. The Bertz CT molecular complexity index is 669. The maximum Gasteiger partial charge on any atom is 0.275 e. The number of aryl methyl sites for hydroxylation is 1. The van der Waals surface area contributed by atoms with Crippen LogP contribution in [0.25, 0.3) is 0 Å². The van der Waals surface area contributed by atoms with Crippen molar-refractivity contribution < 1.29 is 9.90 Å². The highest BCUT2D eigenvalue weighted by Crippen LogP contribution is 2.21. The van der Waals surface area contributed by atoms with Crippen LogP contribution in [0.2, 0.25) is 0 Å². The zero-order chi connectivity index (χ0) is 14.5. The van der Waals surface area contributed by atoms with Crippen LogP contribution in [-0.2, 0) is 0 Å². The first-order valence-corrected chi connectivity index (χ1v) is 6.75. The smallest absolute Gasteiger partial charge is 0.275 e. The fourth-order valence-electron chi connectivity index (χ4n) is 1.64. The van der Waals surface area contributed by atoms with Crippen LogP contribution in [0.1, 0.15) is 21.5 Å². The number of benzene rings is 2. The molecule has 20 heavy (non-hydrogen) atoms. The molecule has 5 heteroatoms. The van der Waals surface area contributed by atoms with Gasteiger partial charge in [-0.25, -0.2) is 5.43 Å². The molecule has 102 valence electrons. The summed E-state index contributed by atoms with van der Waals surface area (Å²) in [6.07, 6.45) is 1.54. The number of carbonyl (C=O) groups excluding carboxylic acids is 1. The third-order valence-electron chi connectivity index (χ3n) is 2.76. The highest BCUT2D eigenvalue weighted by Gasteiger charge is 2.11. The van der Waals surface area contributed by atoms with Gasteiger partial charge in [0.05, 0.1) is 11.8 Å². The highest BCUT2D eigenvalue weighted by atomic mass is 79.9. The van der Waals surface area contributed by atoms with Gasteiger partial charge < -0.3 is 5.11 Å². The fourth-order valence-corrected chi connectivity index (χ4v) is 2.03. The summed E-state index contributed by atoms with van der Waals surface area (Å²) in [6, 6.07) is 12.5. The normalized spacial score (nSPS) is 10.7. The van der Waals surface area contributed by atoms with Crippen molar-refractivity contribution in [1.29, 1.82) is 0 Å². The number of hydrogen-bond donors (Lipinski definition) is 2. The summed E-state index contributed by atoms with van der Waals surface area (Å²) in [5, 5.41) is 13.7. The standard InChI is InChI=1S/C15H13BrN2O2/c1-10-5-4-7-12(14(10)19)15(20)18-17-9-11-6-2-3-8-13(11)16/h2-9,19H,1H3,(H,18,20). The Morgan fingerprint density at radius 1 is 1.25 bits per heavy atom. The van der Waals surface area contributed by atoms with E-state index in [-0.39, 0.29) is 11.3 Å². The summed E-state index contributed by atoms with van der Waals surface area (Å²) < 4.78 is 0.886. The molecule has 0 radical (unpaired) electrons. The van der Waals surface area contributed by atoms with Gasteiger partial charge in [0.15, 0.2) is 0 Å². The van der Waals surface area contributed by atoms with Crippen LogP contribution >= 0.6 is 15.9 Å². The Hall–Kier alpha value is -2.14. The van der Waals surface area contributed by atoms with Crippen LogP contribution in [0.4, 0.5) is 0 Å². The monoisotopic (exact) mass is 332 g/mol. The molecule has 1 amide bonds. The molecule has 0 spiro atoms. The van der Waals surface area contributed by atoms with E-state index in [2.05, 4.69) is 26.5 Å². The van der Waals surface area contributed by atoms with Crippen LogP contribution in [0.15, 0.2) is 52.0 Å². The summed E-state index contributed by atoms with van der Waals surface area (Å²) in [6.45, 7) is 1.73. The molecular weight excluding hydrogens is 320 g/mol. The predicted molar refractivity (Wildman–Crippen MR) is 82.0 cm³/mol. The number of hydrazone groups is 1. The second-order valence-corrected chi connectivity index (χ2v) is 5.05. The van der Waals surface area contributed by atoms with Crippen molar-refractivity contribution in [1.82, 2.24) is 5.43 Å². The molecule has 0 saturated heterocycles. The van der Waals surface area contributed by atoms with E-state index < -0.39 is 5.91 Å². The van der Waals surface area contributed by atoms with E-state index in [0.29, 0.717) is 5.56 Å². The van der Waals surface area contributed by atoms with E-state index in [1.807, 2.05) is 24.3 Å². The number of phenolic OH excluding ortho intramolecular Hbond substituents is 1. The van der Waals surface area contributed by atoms with Crippen LogP contribution < -0.4 is 5.43 Å². The number of amides is 1. The fraction of sp³-hybridized carbons (Fsp3) is 0.0667. The van der Waals surface area contributed by atoms with E-state index in [9.17, 15) is 9.90 Å². The Morgan fingerprint density at radius 3 is 2.75 bits per heavy atom. The minimum absolute atomic E-state index is 0.0268. The molecule has 4 nitrogen and oxygen atoms in total. The zero-order valence-electron chi connectivity index (χ0n) is 10.8. The molecule has 2 rings (SSSR count).